The van der Waals surface area contributed by atoms with E-state index in [1.807, 2.05) is 24.0 Å². The number of ether oxygens (including phenoxy) is 2. The minimum Gasteiger partial charge on any atom is -0.493 e. The summed E-state index contributed by atoms with van der Waals surface area (Å²) < 4.78 is 19.1. The molecule has 0 radical (unpaired) electrons. The second-order valence-electron chi connectivity index (χ2n) is 8.47. The molecule has 0 bridgehead atoms. The molecule has 0 aliphatic carbocycles. The molecule has 3 heterocycles. The zero-order chi connectivity index (χ0) is 23.0. The Bertz CT molecular complexity index is 900. The summed E-state index contributed by atoms with van der Waals surface area (Å²) in [7, 11) is 0. The summed E-state index contributed by atoms with van der Waals surface area (Å²) in [5.74, 6) is 1.11. The number of piperidine rings is 1. The van der Waals surface area contributed by atoms with Crippen LogP contribution in [0.15, 0.2) is 30.5 Å². The number of likely N-dealkylation sites (tertiary alicyclic amines) is 1. The van der Waals surface area contributed by atoms with E-state index in [0.717, 1.165) is 56.5 Å². The Balaban J connectivity index is 1.20. The Morgan fingerprint density at radius 1 is 1.09 bits per heavy atom. The maximum atomic E-state index is 12.5. The molecule has 2 aliphatic rings. The van der Waals surface area contributed by atoms with Gasteiger partial charge in [-0.3, -0.25) is 9.69 Å². The summed E-state index contributed by atoms with van der Waals surface area (Å²) in [6, 6.07) is 8.21. The van der Waals surface area contributed by atoms with Crippen molar-refractivity contribution >= 4 is 23.7 Å². The van der Waals surface area contributed by atoms with Crippen LogP contribution >= 0.6 is 11.7 Å². The molecule has 10 heteroatoms. The number of amides is 2. The van der Waals surface area contributed by atoms with Gasteiger partial charge in [0, 0.05) is 51.7 Å². The molecule has 1 aromatic heterocycles. The van der Waals surface area contributed by atoms with E-state index in [0.29, 0.717) is 44.5 Å². The van der Waals surface area contributed by atoms with Gasteiger partial charge in [0.25, 0.3) is 5.91 Å². The van der Waals surface area contributed by atoms with Crippen molar-refractivity contribution < 1.29 is 19.1 Å². The van der Waals surface area contributed by atoms with Crippen LogP contribution in [-0.2, 0) is 11.3 Å². The average Bonchev–Trinajstić information content (AvgIpc) is 3.39. The SMILES string of the molecule is CCOC(=O)N1CCN(Cc2ccc(OC[C@H]3CCCN(C(=O)c4cnsn4)C3)cc2)CC1. The standard InChI is InChI=1S/C23H31N5O4S/c1-2-31-23(30)27-12-10-26(11-13-27)15-18-5-7-20(8-6-18)32-17-19-4-3-9-28(16-19)22(29)21-14-24-33-25-21/h5-8,14,19H,2-4,9-13,15-17H2,1H3/t19-/m0/s1. The lowest BCUT2D eigenvalue weighted by Gasteiger charge is -2.34. The van der Waals surface area contributed by atoms with Crippen molar-refractivity contribution in [2.45, 2.75) is 26.3 Å². The fraction of sp³-hybridized carbons (Fsp3) is 0.565. The second kappa shape index (κ2) is 11.4. The summed E-state index contributed by atoms with van der Waals surface area (Å²) >= 11 is 1.06. The van der Waals surface area contributed by atoms with Gasteiger partial charge in [-0.2, -0.15) is 8.75 Å². The lowest BCUT2D eigenvalue weighted by Crippen LogP contribution is -2.48. The normalized spacial score (nSPS) is 19.4. The Kier molecular flexibility index (Phi) is 8.11. The minimum atomic E-state index is -0.218. The first-order valence-corrected chi connectivity index (χ1v) is 12.3. The maximum absolute atomic E-state index is 12.5. The smallest absolute Gasteiger partial charge is 0.409 e. The first-order chi connectivity index (χ1) is 16.1. The monoisotopic (exact) mass is 473 g/mol. The molecule has 9 nitrogen and oxygen atoms in total. The highest BCUT2D eigenvalue weighted by Gasteiger charge is 2.26. The zero-order valence-electron chi connectivity index (χ0n) is 19.0. The van der Waals surface area contributed by atoms with E-state index in [1.165, 1.54) is 11.8 Å². The van der Waals surface area contributed by atoms with Gasteiger partial charge < -0.3 is 19.3 Å². The van der Waals surface area contributed by atoms with Crippen LogP contribution in [0.25, 0.3) is 0 Å². The van der Waals surface area contributed by atoms with Crippen LogP contribution in [-0.4, -0.2) is 87.9 Å². The van der Waals surface area contributed by atoms with E-state index in [-0.39, 0.29) is 12.0 Å². The van der Waals surface area contributed by atoms with Crippen molar-refractivity contribution in [3.05, 3.63) is 41.7 Å². The topological polar surface area (TPSA) is 88.1 Å². The van der Waals surface area contributed by atoms with Crippen molar-refractivity contribution in [2.24, 2.45) is 5.92 Å². The lowest BCUT2D eigenvalue weighted by molar-refractivity contribution is 0.0628. The van der Waals surface area contributed by atoms with Crippen LogP contribution in [0, 0.1) is 5.92 Å². The van der Waals surface area contributed by atoms with Gasteiger partial charge in [-0.15, -0.1) is 0 Å². The number of hydrogen-bond acceptors (Lipinski definition) is 8. The third-order valence-corrected chi connectivity index (χ3v) is 6.58. The summed E-state index contributed by atoms with van der Waals surface area (Å²) in [4.78, 5) is 30.3. The number of hydrogen-bond donors (Lipinski definition) is 0. The molecule has 1 atom stereocenters. The number of piperazine rings is 1. The molecule has 2 saturated heterocycles. The minimum absolute atomic E-state index is 0.0408. The largest absolute Gasteiger partial charge is 0.493 e. The van der Waals surface area contributed by atoms with Gasteiger partial charge >= 0.3 is 6.09 Å². The van der Waals surface area contributed by atoms with Crippen molar-refractivity contribution in [3.8, 4) is 5.75 Å². The Morgan fingerprint density at radius 2 is 1.88 bits per heavy atom. The zero-order valence-corrected chi connectivity index (χ0v) is 19.8. The molecule has 0 spiro atoms. The molecular formula is C23H31N5O4S. The number of rotatable bonds is 7. The van der Waals surface area contributed by atoms with Crippen molar-refractivity contribution in [1.82, 2.24) is 23.4 Å². The molecule has 2 fully saturated rings. The molecular weight excluding hydrogens is 442 g/mol. The fourth-order valence-corrected chi connectivity index (χ4v) is 4.68. The Labute approximate surface area is 198 Å². The summed E-state index contributed by atoms with van der Waals surface area (Å²) in [5, 5.41) is 0. The quantitative estimate of drug-likeness (QED) is 0.611. The first-order valence-electron chi connectivity index (χ1n) is 11.5. The van der Waals surface area contributed by atoms with Gasteiger partial charge in [-0.25, -0.2) is 4.79 Å². The number of aromatic nitrogens is 2. The van der Waals surface area contributed by atoms with Gasteiger partial charge in [-0.1, -0.05) is 12.1 Å². The maximum Gasteiger partial charge on any atom is 0.409 e. The van der Waals surface area contributed by atoms with E-state index in [2.05, 4.69) is 25.8 Å². The Morgan fingerprint density at radius 3 is 2.58 bits per heavy atom. The van der Waals surface area contributed by atoms with Crippen LogP contribution in [0.3, 0.4) is 0 Å². The molecule has 178 valence electrons. The van der Waals surface area contributed by atoms with E-state index in [4.69, 9.17) is 9.47 Å². The van der Waals surface area contributed by atoms with Crippen LogP contribution in [0.5, 0.6) is 5.75 Å². The highest BCUT2D eigenvalue weighted by atomic mass is 32.1. The third-order valence-electron chi connectivity index (χ3n) is 6.10. The van der Waals surface area contributed by atoms with E-state index in [1.54, 1.807) is 4.90 Å². The molecule has 1 aromatic carbocycles. The highest BCUT2D eigenvalue weighted by molar-refractivity contribution is 6.99. The predicted molar refractivity (Wildman–Crippen MR) is 124 cm³/mol. The Hall–Kier alpha value is -2.72. The second-order valence-corrected chi connectivity index (χ2v) is 9.03. The van der Waals surface area contributed by atoms with Crippen molar-refractivity contribution in [3.63, 3.8) is 0 Å². The van der Waals surface area contributed by atoms with Crippen LogP contribution < -0.4 is 4.74 Å². The van der Waals surface area contributed by atoms with Crippen molar-refractivity contribution in [1.29, 1.82) is 0 Å². The molecule has 0 N–H and O–H groups in total. The molecule has 2 amide bonds. The molecule has 4 rings (SSSR count). The molecule has 2 aromatic rings. The van der Waals surface area contributed by atoms with Gasteiger partial charge in [0.1, 0.15) is 5.75 Å². The average molecular weight is 474 g/mol. The van der Waals surface area contributed by atoms with Gasteiger partial charge in [-0.05, 0) is 37.5 Å². The van der Waals surface area contributed by atoms with Gasteiger partial charge in [0.2, 0.25) is 0 Å². The number of carbonyl (C=O) groups is 2. The predicted octanol–water partition coefficient (Wildman–Crippen LogP) is 2.74. The third kappa shape index (κ3) is 6.42. The molecule has 0 saturated carbocycles. The highest BCUT2D eigenvalue weighted by Crippen LogP contribution is 2.21. The van der Waals surface area contributed by atoms with E-state index < -0.39 is 0 Å². The van der Waals surface area contributed by atoms with E-state index in [9.17, 15) is 9.59 Å². The first kappa shape index (κ1) is 23.4. The van der Waals surface area contributed by atoms with Gasteiger partial charge in [0.15, 0.2) is 5.69 Å². The summed E-state index contributed by atoms with van der Waals surface area (Å²) in [6.45, 7) is 8.19. The van der Waals surface area contributed by atoms with Crippen LogP contribution in [0.1, 0.15) is 35.8 Å². The molecule has 0 unspecified atom stereocenters. The van der Waals surface area contributed by atoms with Gasteiger partial charge in [0.05, 0.1) is 31.1 Å². The van der Waals surface area contributed by atoms with E-state index >= 15 is 0 Å². The summed E-state index contributed by atoms with van der Waals surface area (Å²) in [5.41, 5.74) is 1.65. The molecule has 2 aliphatic heterocycles. The lowest BCUT2D eigenvalue weighted by atomic mass is 9.98. The number of carbonyl (C=O) groups excluding carboxylic acids is 2. The summed E-state index contributed by atoms with van der Waals surface area (Å²) in [6.07, 6.45) is 3.34. The fourth-order valence-electron chi connectivity index (χ4n) is 4.27. The number of nitrogens with zero attached hydrogens (tertiary/aromatic N) is 5. The number of benzene rings is 1. The van der Waals surface area contributed by atoms with Crippen molar-refractivity contribution in [2.75, 3.05) is 52.5 Å². The van der Waals surface area contributed by atoms with Crippen LogP contribution in [0.2, 0.25) is 0 Å². The van der Waals surface area contributed by atoms with Crippen LogP contribution in [0.4, 0.5) is 4.79 Å². The molecule has 33 heavy (non-hydrogen) atoms.